The molecule has 88 valence electrons. The van der Waals surface area contributed by atoms with E-state index in [9.17, 15) is 9.90 Å². The fourth-order valence-electron chi connectivity index (χ4n) is 1.76. The molecule has 1 heterocycles. The molecule has 15 heavy (non-hydrogen) atoms. The maximum atomic E-state index is 11.8. The van der Waals surface area contributed by atoms with E-state index in [-0.39, 0.29) is 23.6 Å². The molecule has 2 N–H and O–H groups in total. The molecule has 0 aromatic heterocycles. The van der Waals surface area contributed by atoms with Crippen molar-refractivity contribution in [2.24, 2.45) is 0 Å². The van der Waals surface area contributed by atoms with Gasteiger partial charge in [-0.1, -0.05) is 0 Å². The molecule has 0 aliphatic carbocycles. The fraction of sp³-hybridized carbons (Fsp3) is 0.909. The Balaban J connectivity index is 2.46. The van der Waals surface area contributed by atoms with Crippen LogP contribution in [-0.2, 0) is 4.79 Å². The Labute approximate surface area is 91.6 Å². The maximum absolute atomic E-state index is 11.8. The molecule has 0 spiro atoms. The molecule has 1 saturated heterocycles. The van der Waals surface area contributed by atoms with Crippen molar-refractivity contribution < 1.29 is 9.90 Å². The number of hydrogen-bond acceptors (Lipinski definition) is 3. The van der Waals surface area contributed by atoms with Crippen LogP contribution in [0.5, 0.6) is 0 Å². The summed E-state index contributed by atoms with van der Waals surface area (Å²) in [5.41, 5.74) is -0.191. The van der Waals surface area contributed by atoms with Crippen molar-refractivity contribution in [2.75, 3.05) is 13.1 Å². The summed E-state index contributed by atoms with van der Waals surface area (Å²) in [6.45, 7) is 9.21. The van der Waals surface area contributed by atoms with Gasteiger partial charge in [0.15, 0.2) is 0 Å². The molecule has 0 bridgehead atoms. The monoisotopic (exact) mass is 214 g/mol. The first-order chi connectivity index (χ1) is 6.79. The van der Waals surface area contributed by atoms with Gasteiger partial charge >= 0.3 is 0 Å². The van der Waals surface area contributed by atoms with Gasteiger partial charge in [-0.2, -0.15) is 0 Å². The Morgan fingerprint density at radius 3 is 2.53 bits per heavy atom. The van der Waals surface area contributed by atoms with Gasteiger partial charge < -0.3 is 10.4 Å². The van der Waals surface area contributed by atoms with E-state index < -0.39 is 0 Å². The Kier molecular flexibility index (Phi) is 3.73. The van der Waals surface area contributed by atoms with Crippen LogP contribution in [0.1, 0.15) is 34.1 Å². The molecule has 2 atom stereocenters. The zero-order chi connectivity index (χ0) is 11.6. The molecule has 4 nitrogen and oxygen atoms in total. The minimum Gasteiger partial charge on any atom is -0.392 e. The SMILES string of the molecule is CC(C(=O)NC(C)(C)C)N1CC[C@@H](O)C1. The minimum atomic E-state index is -0.269. The van der Waals surface area contributed by atoms with Crippen LogP contribution in [0.4, 0.5) is 0 Å². The third-order valence-electron chi connectivity index (χ3n) is 2.62. The molecule has 0 saturated carbocycles. The summed E-state index contributed by atoms with van der Waals surface area (Å²) in [5, 5.41) is 12.3. The fourth-order valence-corrected chi connectivity index (χ4v) is 1.76. The molecular formula is C11H22N2O2. The Morgan fingerprint density at radius 2 is 2.13 bits per heavy atom. The van der Waals surface area contributed by atoms with E-state index >= 15 is 0 Å². The summed E-state index contributed by atoms with van der Waals surface area (Å²) >= 11 is 0. The van der Waals surface area contributed by atoms with Crippen molar-refractivity contribution in [1.82, 2.24) is 10.2 Å². The minimum absolute atomic E-state index is 0.0385. The molecule has 0 radical (unpaired) electrons. The van der Waals surface area contributed by atoms with Crippen molar-refractivity contribution in [1.29, 1.82) is 0 Å². The molecule has 1 unspecified atom stereocenters. The third kappa shape index (κ3) is 3.80. The molecule has 4 heteroatoms. The van der Waals surface area contributed by atoms with Gasteiger partial charge in [-0.15, -0.1) is 0 Å². The lowest BCUT2D eigenvalue weighted by Gasteiger charge is -2.28. The second kappa shape index (κ2) is 4.49. The van der Waals surface area contributed by atoms with Crippen LogP contribution < -0.4 is 5.32 Å². The van der Waals surface area contributed by atoms with Crippen molar-refractivity contribution in [3.05, 3.63) is 0 Å². The molecule has 1 amide bonds. The number of carbonyl (C=O) groups excluding carboxylic acids is 1. The summed E-state index contributed by atoms with van der Waals surface area (Å²) in [5.74, 6) is 0.0385. The number of nitrogens with one attached hydrogen (secondary N) is 1. The second-order valence-electron chi connectivity index (χ2n) is 5.35. The van der Waals surface area contributed by atoms with Gasteiger partial charge in [-0.25, -0.2) is 0 Å². The van der Waals surface area contributed by atoms with Gasteiger partial charge in [0.2, 0.25) is 5.91 Å². The van der Waals surface area contributed by atoms with E-state index in [1.165, 1.54) is 0 Å². The number of likely N-dealkylation sites (tertiary alicyclic amines) is 1. The van der Waals surface area contributed by atoms with Crippen LogP contribution in [0.2, 0.25) is 0 Å². The molecular weight excluding hydrogens is 192 g/mol. The summed E-state index contributed by atoms with van der Waals surface area (Å²) < 4.78 is 0. The highest BCUT2D eigenvalue weighted by Gasteiger charge is 2.29. The van der Waals surface area contributed by atoms with Crippen LogP contribution in [0, 0.1) is 0 Å². The highest BCUT2D eigenvalue weighted by Crippen LogP contribution is 2.13. The first kappa shape index (κ1) is 12.5. The summed E-state index contributed by atoms with van der Waals surface area (Å²) in [4.78, 5) is 13.8. The number of carbonyl (C=O) groups is 1. The molecule has 1 aliphatic rings. The standard InChI is InChI=1S/C11H22N2O2/c1-8(10(15)12-11(2,3)4)13-6-5-9(14)7-13/h8-9,14H,5-7H2,1-4H3,(H,12,15)/t8?,9-/m1/s1. The Morgan fingerprint density at radius 1 is 1.53 bits per heavy atom. The highest BCUT2D eigenvalue weighted by atomic mass is 16.3. The molecule has 1 fully saturated rings. The summed E-state index contributed by atoms with van der Waals surface area (Å²) in [6, 6.07) is -0.152. The Hall–Kier alpha value is -0.610. The van der Waals surface area contributed by atoms with Crippen LogP contribution in [0.3, 0.4) is 0 Å². The first-order valence-corrected chi connectivity index (χ1v) is 5.54. The largest absolute Gasteiger partial charge is 0.392 e. The number of β-amino-alcohol motifs (C(OH)–C–C–N with tert-alkyl or cyclic N) is 1. The number of aliphatic hydroxyl groups excluding tert-OH is 1. The number of hydrogen-bond donors (Lipinski definition) is 2. The smallest absolute Gasteiger partial charge is 0.237 e. The second-order valence-corrected chi connectivity index (χ2v) is 5.35. The lowest BCUT2D eigenvalue weighted by atomic mass is 10.1. The van der Waals surface area contributed by atoms with Gasteiger partial charge in [0.25, 0.3) is 0 Å². The van der Waals surface area contributed by atoms with E-state index in [4.69, 9.17) is 0 Å². The van der Waals surface area contributed by atoms with E-state index in [0.717, 1.165) is 13.0 Å². The van der Waals surface area contributed by atoms with Crippen LogP contribution in [0.15, 0.2) is 0 Å². The van der Waals surface area contributed by atoms with Gasteiger partial charge in [0, 0.05) is 18.6 Å². The Bertz CT molecular complexity index is 235. The molecule has 0 aromatic rings. The summed E-state index contributed by atoms with van der Waals surface area (Å²) in [7, 11) is 0. The van der Waals surface area contributed by atoms with Crippen molar-refractivity contribution >= 4 is 5.91 Å². The average Bonchev–Trinajstić information content (AvgIpc) is 2.47. The lowest BCUT2D eigenvalue weighted by Crippen LogP contribution is -2.50. The number of amides is 1. The van der Waals surface area contributed by atoms with Gasteiger partial charge in [0.1, 0.15) is 0 Å². The quantitative estimate of drug-likeness (QED) is 0.697. The number of nitrogens with zero attached hydrogens (tertiary/aromatic N) is 1. The van der Waals surface area contributed by atoms with Crippen LogP contribution >= 0.6 is 0 Å². The van der Waals surface area contributed by atoms with Crippen LogP contribution in [-0.4, -0.2) is 46.7 Å². The number of rotatable bonds is 2. The maximum Gasteiger partial charge on any atom is 0.237 e. The zero-order valence-electron chi connectivity index (χ0n) is 10.1. The van der Waals surface area contributed by atoms with E-state index in [2.05, 4.69) is 5.32 Å². The molecule has 0 aromatic carbocycles. The zero-order valence-corrected chi connectivity index (χ0v) is 10.1. The van der Waals surface area contributed by atoms with Gasteiger partial charge in [0.05, 0.1) is 12.1 Å². The van der Waals surface area contributed by atoms with Crippen molar-refractivity contribution in [2.45, 2.75) is 51.8 Å². The van der Waals surface area contributed by atoms with Crippen LogP contribution in [0.25, 0.3) is 0 Å². The molecule has 1 rings (SSSR count). The highest BCUT2D eigenvalue weighted by molar-refractivity contribution is 5.82. The van der Waals surface area contributed by atoms with Gasteiger partial charge in [-0.3, -0.25) is 9.69 Å². The first-order valence-electron chi connectivity index (χ1n) is 5.54. The van der Waals surface area contributed by atoms with E-state index in [1.807, 2.05) is 32.6 Å². The predicted octanol–water partition coefficient (Wildman–Crippen LogP) is 0.356. The lowest BCUT2D eigenvalue weighted by molar-refractivity contribution is -0.127. The number of aliphatic hydroxyl groups is 1. The van der Waals surface area contributed by atoms with E-state index in [0.29, 0.717) is 6.54 Å². The normalized spacial score (nSPS) is 25.3. The summed E-state index contributed by atoms with van der Waals surface area (Å²) in [6.07, 6.45) is 0.502. The van der Waals surface area contributed by atoms with Crippen molar-refractivity contribution in [3.63, 3.8) is 0 Å². The average molecular weight is 214 g/mol. The topological polar surface area (TPSA) is 52.6 Å². The third-order valence-corrected chi connectivity index (χ3v) is 2.62. The van der Waals surface area contributed by atoms with Gasteiger partial charge in [-0.05, 0) is 34.1 Å². The van der Waals surface area contributed by atoms with E-state index in [1.54, 1.807) is 0 Å². The van der Waals surface area contributed by atoms with Crippen molar-refractivity contribution in [3.8, 4) is 0 Å². The molecule has 1 aliphatic heterocycles. The predicted molar refractivity (Wildman–Crippen MR) is 59.6 cm³/mol.